The monoisotopic (exact) mass is 203 g/mol. The molecular weight excluding hydrogens is 182 g/mol. The maximum absolute atomic E-state index is 3.58. The van der Waals surface area contributed by atoms with Crippen LogP contribution in [0, 0.1) is 11.3 Å². The molecule has 1 aliphatic rings. The van der Waals surface area contributed by atoms with Gasteiger partial charge >= 0.3 is 0 Å². The quantitative estimate of drug-likeness (QED) is 0.740. The number of fused-ring (bicyclic) bond motifs is 1. The van der Waals surface area contributed by atoms with E-state index in [-0.39, 0.29) is 0 Å². The molecule has 0 amide bonds. The van der Waals surface area contributed by atoms with Gasteiger partial charge in [0.2, 0.25) is 0 Å². The van der Waals surface area contributed by atoms with Crippen molar-refractivity contribution in [2.24, 2.45) is 11.3 Å². The van der Waals surface area contributed by atoms with Crippen molar-refractivity contribution in [1.82, 2.24) is 5.32 Å². The molecule has 1 aromatic rings. The van der Waals surface area contributed by atoms with Crippen LogP contribution in [-0.4, -0.2) is 6.54 Å². The predicted octanol–water partition coefficient (Wildman–Crippen LogP) is 2.99. The number of hydrogen-bond acceptors (Lipinski definition) is 1. The van der Waals surface area contributed by atoms with Gasteiger partial charge in [0.25, 0.3) is 0 Å². The van der Waals surface area contributed by atoms with Crippen LogP contribution in [0.3, 0.4) is 0 Å². The highest BCUT2D eigenvalue weighted by atomic mass is 14.9. The first-order valence-electron chi connectivity index (χ1n) is 5.89. The van der Waals surface area contributed by atoms with Crippen LogP contribution in [0.15, 0.2) is 24.3 Å². The Kier molecular flexibility index (Phi) is 2.83. The van der Waals surface area contributed by atoms with Gasteiger partial charge in [0.15, 0.2) is 0 Å². The van der Waals surface area contributed by atoms with E-state index in [1.54, 1.807) is 0 Å². The van der Waals surface area contributed by atoms with Crippen molar-refractivity contribution in [3.63, 3.8) is 0 Å². The van der Waals surface area contributed by atoms with E-state index in [9.17, 15) is 0 Å². The average Bonchev–Trinajstić information content (AvgIpc) is 2.36. The number of nitrogens with one attached hydrogen (secondary N) is 1. The molecular formula is C14H21N. The zero-order chi connectivity index (χ0) is 10.9. The zero-order valence-electron chi connectivity index (χ0n) is 10.0. The third-order valence-electron chi connectivity index (χ3n) is 3.95. The van der Waals surface area contributed by atoms with Crippen molar-refractivity contribution in [2.75, 3.05) is 6.54 Å². The maximum Gasteiger partial charge on any atom is 0.0208 e. The van der Waals surface area contributed by atoms with Crippen molar-refractivity contribution in [3.05, 3.63) is 35.4 Å². The normalized spacial score (nSPS) is 26.1. The van der Waals surface area contributed by atoms with Gasteiger partial charge in [-0.15, -0.1) is 0 Å². The summed E-state index contributed by atoms with van der Waals surface area (Å²) in [6.07, 6.45) is 1.20. The van der Waals surface area contributed by atoms with Crippen LogP contribution in [0.1, 0.15) is 31.9 Å². The van der Waals surface area contributed by atoms with Crippen molar-refractivity contribution >= 4 is 0 Å². The highest BCUT2D eigenvalue weighted by Gasteiger charge is 2.30. The van der Waals surface area contributed by atoms with Crippen LogP contribution in [0.25, 0.3) is 0 Å². The van der Waals surface area contributed by atoms with Crippen LogP contribution in [0.4, 0.5) is 0 Å². The summed E-state index contributed by atoms with van der Waals surface area (Å²) >= 11 is 0. The van der Waals surface area contributed by atoms with Gasteiger partial charge in [-0.25, -0.2) is 0 Å². The van der Waals surface area contributed by atoms with E-state index in [1.807, 2.05) is 0 Å². The minimum absolute atomic E-state index is 0.395. The van der Waals surface area contributed by atoms with E-state index in [4.69, 9.17) is 0 Å². The van der Waals surface area contributed by atoms with Crippen LogP contribution in [-0.2, 0) is 13.0 Å². The molecule has 1 unspecified atom stereocenters. The topological polar surface area (TPSA) is 12.0 Å². The van der Waals surface area contributed by atoms with Crippen molar-refractivity contribution in [2.45, 2.75) is 33.7 Å². The molecule has 0 radical (unpaired) electrons. The molecule has 82 valence electrons. The lowest BCUT2D eigenvalue weighted by Gasteiger charge is -2.32. The molecule has 0 aliphatic carbocycles. The fourth-order valence-corrected chi connectivity index (χ4v) is 2.29. The highest BCUT2D eigenvalue weighted by molar-refractivity contribution is 5.29. The Hall–Kier alpha value is -0.820. The maximum atomic E-state index is 3.58. The van der Waals surface area contributed by atoms with Gasteiger partial charge in [-0.3, -0.25) is 0 Å². The Morgan fingerprint density at radius 2 is 1.87 bits per heavy atom. The Morgan fingerprint density at radius 3 is 2.53 bits per heavy atom. The summed E-state index contributed by atoms with van der Waals surface area (Å²) in [5.41, 5.74) is 3.40. The Balaban J connectivity index is 2.32. The van der Waals surface area contributed by atoms with E-state index >= 15 is 0 Å². The van der Waals surface area contributed by atoms with Crippen LogP contribution in [0.2, 0.25) is 0 Å². The Morgan fingerprint density at radius 1 is 1.20 bits per heavy atom. The third-order valence-corrected chi connectivity index (χ3v) is 3.95. The van der Waals surface area contributed by atoms with Crippen LogP contribution < -0.4 is 5.32 Å². The molecule has 1 N–H and O–H groups in total. The van der Waals surface area contributed by atoms with E-state index in [0.717, 1.165) is 19.0 Å². The first kappa shape index (κ1) is 10.7. The summed E-state index contributed by atoms with van der Waals surface area (Å²) in [5.74, 6) is 0.719. The van der Waals surface area contributed by atoms with Gasteiger partial charge in [0, 0.05) is 13.1 Å². The molecule has 1 atom stereocenters. The second-order valence-electron chi connectivity index (χ2n) is 5.36. The van der Waals surface area contributed by atoms with Gasteiger partial charge < -0.3 is 5.32 Å². The molecule has 0 saturated heterocycles. The van der Waals surface area contributed by atoms with Gasteiger partial charge in [0.1, 0.15) is 0 Å². The Labute approximate surface area is 92.9 Å². The number of rotatable bonds is 1. The lowest BCUT2D eigenvalue weighted by atomic mass is 9.74. The molecule has 1 aromatic carbocycles. The van der Waals surface area contributed by atoms with E-state index in [0.29, 0.717) is 5.41 Å². The summed E-state index contributed by atoms with van der Waals surface area (Å²) in [4.78, 5) is 0. The predicted molar refractivity (Wildman–Crippen MR) is 64.8 cm³/mol. The zero-order valence-corrected chi connectivity index (χ0v) is 10.0. The lowest BCUT2D eigenvalue weighted by Crippen LogP contribution is -2.35. The van der Waals surface area contributed by atoms with Crippen LogP contribution >= 0.6 is 0 Å². The molecule has 2 rings (SSSR count). The summed E-state index contributed by atoms with van der Waals surface area (Å²) in [6, 6.07) is 8.82. The molecule has 1 heterocycles. The molecule has 1 heteroatoms. The fourth-order valence-electron chi connectivity index (χ4n) is 2.29. The van der Waals surface area contributed by atoms with Crippen molar-refractivity contribution in [1.29, 1.82) is 0 Å². The Bertz CT molecular complexity index is 343. The molecule has 1 aliphatic heterocycles. The minimum Gasteiger partial charge on any atom is -0.312 e. The van der Waals surface area contributed by atoms with Crippen molar-refractivity contribution in [3.8, 4) is 0 Å². The molecule has 1 nitrogen and oxygen atoms in total. The third kappa shape index (κ3) is 2.07. The van der Waals surface area contributed by atoms with Crippen LogP contribution in [0.5, 0.6) is 0 Å². The summed E-state index contributed by atoms with van der Waals surface area (Å²) in [6.45, 7) is 9.20. The molecule has 15 heavy (non-hydrogen) atoms. The van der Waals surface area contributed by atoms with Gasteiger partial charge in [-0.05, 0) is 28.9 Å². The number of benzene rings is 1. The van der Waals surface area contributed by atoms with E-state index in [1.165, 1.54) is 17.5 Å². The standard InChI is InChI=1S/C14H21N/c1-11(2)14(3)8-12-6-4-5-7-13(12)9-15-10-14/h4-7,11,15H,8-10H2,1-3H3. The van der Waals surface area contributed by atoms with Gasteiger partial charge in [0.05, 0.1) is 0 Å². The van der Waals surface area contributed by atoms with Gasteiger partial charge in [-0.1, -0.05) is 45.0 Å². The molecule has 0 saturated carbocycles. The van der Waals surface area contributed by atoms with E-state index in [2.05, 4.69) is 50.4 Å². The minimum atomic E-state index is 0.395. The molecule has 0 bridgehead atoms. The first-order chi connectivity index (χ1) is 7.12. The molecule has 0 fully saturated rings. The lowest BCUT2D eigenvalue weighted by molar-refractivity contribution is 0.213. The SMILES string of the molecule is CC(C)C1(C)CNCc2ccccc2C1. The summed E-state index contributed by atoms with van der Waals surface area (Å²) in [5, 5.41) is 3.58. The largest absolute Gasteiger partial charge is 0.312 e. The second kappa shape index (κ2) is 3.97. The number of hydrogen-bond donors (Lipinski definition) is 1. The highest BCUT2D eigenvalue weighted by Crippen LogP contribution is 2.33. The fraction of sp³-hybridized carbons (Fsp3) is 0.571. The smallest absolute Gasteiger partial charge is 0.0208 e. The van der Waals surface area contributed by atoms with Gasteiger partial charge in [-0.2, -0.15) is 0 Å². The second-order valence-corrected chi connectivity index (χ2v) is 5.36. The summed E-state index contributed by atoms with van der Waals surface area (Å²) < 4.78 is 0. The average molecular weight is 203 g/mol. The van der Waals surface area contributed by atoms with Crippen molar-refractivity contribution < 1.29 is 0 Å². The first-order valence-corrected chi connectivity index (χ1v) is 5.89. The van der Waals surface area contributed by atoms with E-state index < -0.39 is 0 Å². The molecule has 0 spiro atoms. The molecule has 0 aromatic heterocycles. The summed E-state index contributed by atoms with van der Waals surface area (Å²) in [7, 11) is 0.